The number of hydrogen-bond donors (Lipinski definition) is 7. The van der Waals surface area contributed by atoms with E-state index in [1.807, 2.05) is 57.2 Å². The van der Waals surface area contributed by atoms with Gasteiger partial charge in [-0.05, 0) is 87.5 Å². The first kappa shape index (κ1) is 38.9. The number of benzene rings is 2. The highest BCUT2D eigenvalue weighted by Gasteiger charge is 2.34. The van der Waals surface area contributed by atoms with Gasteiger partial charge in [0.15, 0.2) is 0 Å². The van der Waals surface area contributed by atoms with Crippen molar-refractivity contribution in [1.82, 2.24) is 16.0 Å². The maximum Gasteiger partial charge on any atom is 0.240 e. The van der Waals surface area contributed by atoms with Gasteiger partial charge in [0.25, 0.3) is 0 Å². The molecular formula is C35H56ClN3O6. The molecule has 45 heavy (non-hydrogen) atoms. The van der Waals surface area contributed by atoms with E-state index in [2.05, 4.69) is 16.0 Å². The lowest BCUT2D eigenvalue weighted by atomic mass is 9.93. The van der Waals surface area contributed by atoms with Crippen molar-refractivity contribution in [3.05, 3.63) is 64.7 Å². The molecule has 0 spiro atoms. The first-order chi connectivity index (χ1) is 21.2. The zero-order valence-corrected chi connectivity index (χ0v) is 28.6. The lowest BCUT2D eigenvalue weighted by Crippen LogP contribution is -2.63. The average molecular weight is 650 g/mol. The van der Waals surface area contributed by atoms with E-state index in [4.69, 9.17) is 16.3 Å². The summed E-state index contributed by atoms with van der Waals surface area (Å²) >= 11 is 6.36. The fourth-order valence-corrected chi connectivity index (χ4v) is 5.67. The molecule has 0 fully saturated rings. The second kappa shape index (κ2) is 19.4. The van der Waals surface area contributed by atoms with E-state index in [0.717, 1.165) is 30.4 Å². The zero-order valence-electron chi connectivity index (χ0n) is 27.8. The maximum absolute atomic E-state index is 13.1. The van der Waals surface area contributed by atoms with Crippen LogP contribution in [-0.4, -0.2) is 76.2 Å². The fourth-order valence-electron chi connectivity index (χ4n) is 5.39. The molecule has 0 radical (unpaired) electrons. The van der Waals surface area contributed by atoms with Gasteiger partial charge in [0.2, 0.25) is 5.91 Å². The molecule has 254 valence electrons. The van der Waals surface area contributed by atoms with Gasteiger partial charge in [-0.1, -0.05) is 75.2 Å². The third kappa shape index (κ3) is 14.0. The lowest BCUT2D eigenvalue weighted by Gasteiger charge is -2.35. The van der Waals surface area contributed by atoms with Crippen molar-refractivity contribution in [1.29, 1.82) is 0 Å². The van der Waals surface area contributed by atoms with Crippen LogP contribution in [0.5, 0.6) is 5.75 Å². The molecule has 1 amide bonds. The van der Waals surface area contributed by atoms with Crippen molar-refractivity contribution in [2.75, 3.05) is 13.7 Å². The van der Waals surface area contributed by atoms with E-state index in [1.165, 1.54) is 7.11 Å². The normalized spacial score (nSPS) is 16.1. The molecule has 7 N–H and O–H groups in total. The van der Waals surface area contributed by atoms with Crippen molar-refractivity contribution >= 4 is 17.5 Å². The maximum atomic E-state index is 13.1. The van der Waals surface area contributed by atoms with Gasteiger partial charge in [-0.2, -0.15) is 0 Å². The molecule has 0 aromatic heterocycles. The van der Waals surface area contributed by atoms with Crippen LogP contribution in [0, 0.1) is 11.8 Å². The predicted molar refractivity (Wildman–Crippen MR) is 180 cm³/mol. The standard InChI is InChI=1S/C35H56ClN3O6/c1-23(2)18-27(22-40)37-34(44)35(4,5)39-33(43)29(20-26-16-17-31(45-6)28(36)19-26)38-32(42)15-11-10-12-24(3)30(41)21-25-13-8-7-9-14-25/h7-9,13-14,16-17,19,23-24,27,29-30,32-33,38-43H,10-12,15,18,20-22H2,1-6H3,(H,37,44)/t24?,27-,29?,30?,32?,33+/m0/s1. The minimum absolute atomic E-state index is 0.119. The number of rotatable bonds is 21. The number of unbranched alkanes of at least 4 members (excludes halogenated alkanes) is 1. The summed E-state index contributed by atoms with van der Waals surface area (Å²) in [5.41, 5.74) is 0.743. The SMILES string of the molecule is COc1ccc(CC(NC(O)CCCCC(C)C(O)Cc2ccccc2)[C@@H](O)NC(C)(C)C(=O)N[C@H](CO)CC(C)C)cc1Cl. The molecule has 0 bridgehead atoms. The highest BCUT2D eigenvalue weighted by atomic mass is 35.5. The Kier molecular flexibility index (Phi) is 16.8. The zero-order chi connectivity index (χ0) is 33.6. The molecule has 2 aromatic carbocycles. The summed E-state index contributed by atoms with van der Waals surface area (Å²) < 4.78 is 5.26. The third-order valence-electron chi connectivity index (χ3n) is 8.18. The quantitative estimate of drug-likeness (QED) is 0.0789. The second-order valence-corrected chi connectivity index (χ2v) is 13.6. The van der Waals surface area contributed by atoms with Gasteiger partial charge < -0.3 is 30.5 Å². The number of carbonyl (C=O) groups is 1. The van der Waals surface area contributed by atoms with Crippen LogP contribution in [0.25, 0.3) is 0 Å². The Balaban J connectivity index is 2.01. The van der Waals surface area contributed by atoms with Gasteiger partial charge in [-0.3, -0.25) is 15.4 Å². The summed E-state index contributed by atoms with van der Waals surface area (Å²) in [5, 5.41) is 52.1. The smallest absolute Gasteiger partial charge is 0.240 e. The number of methoxy groups -OCH3 is 1. The van der Waals surface area contributed by atoms with Crippen LogP contribution in [0.1, 0.15) is 77.8 Å². The number of halogens is 1. The number of carbonyl (C=O) groups excluding carboxylic acids is 1. The van der Waals surface area contributed by atoms with Crippen molar-refractivity contribution in [2.45, 2.75) is 116 Å². The Hall–Kier alpha value is -2.24. The van der Waals surface area contributed by atoms with E-state index < -0.39 is 36.2 Å². The minimum atomic E-state index is -1.22. The minimum Gasteiger partial charge on any atom is -0.495 e. The summed E-state index contributed by atoms with van der Waals surface area (Å²) in [6, 6.07) is 14.2. The molecule has 0 saturated carbocycles. The summed E-state index contributed by atoms with van der Waals surface area (Å²) in [6.07, 6.45) is 1.82. The molecule has 0 heterocycles. The monoisotopic (exact) mass is 649 g/mol. The van der Waals surface area contributed by atoms with Crippen molar-refractivity contribution < 1.29 is 30.0 Å². The largest absolute Gasteiger partial charge is 0.495 e. The molecule has 0 saturated heterocycles. The molecule has 9 nitrogen and oxygen atoms in total. The highest BCUT2D eigenvalue weighted by Crippen LogP contribution is 2.26. The van der Waals surface area contributed by atoms with Gasteiger partial charge >= 0.3 is 0 Å². The van der Waals surface area contributed by atoms with Crippen LogP contribution in [0.2, 0.25) is 5.02 Å². The van der Waals surface area contributed by atoms with E-state index in [1.54, 1.807) is 26.0 Å². The molecule has 0 aliphatic carbocycles. The summed E-state index contributed by atoms with van der Waals surface area (Å²) in [7, 11) is 1.54. The van der Waals surface area contributed by atoms with Crippen LogP contribution in [0.15, 0.2) is 48.5 Å². The number of amides is 1. The number of hydrogen-bond acceptors (Lipinski definition) is 8. The molecule has 4 unspecified atom stereocenters. The lowest BCUT2D eigenvalue weighted by molar-refractivity contribution is -0.129. The molecule has 6 atom stereocenters. The molecule has 2 aromatic rings. The number of aliphatic hydroxyl groups is 4. The number of aliphatic hydroxyl groups excluding tert-OH is 4. The number of ether oxygens (including phenoxy) is 1. The van der Waals surface area contributed by atoms with E-state index in [9.17, 15) is 25.2 Å². The van der Waals surface area contributed by atoms with E-state index >= 15 is 0 Å². The molecule has 0 aliphatic heterocycles. The molecule has 2 rings (SSSR count). The van der Waals surface area contributed by atoms with Crippen LogP contribution >= 0.6 is 11.6 Å². The van der Waals surface area contributed by atoms with Crippen LogP contribution in [-0.2, 0) is 17.6 Å². The topological polar surface area (TPSA) is 143 Å². The van der Waals surface area contributed by atoms with Crippen molar-refractivity contribution in [3.8, 4) is 5.75 Å². The van der Waals surface area contributed by atoms with Crippen LogP contribution in [0.3, 0.4) is 0 Å². The summed E-state index contributed by atoms with van der Waals surface area (Å²) in [4.78, 5) is 13.1. The van der Waals surface area contributed by atoms with Crippen molar-refractivity contribution in [2.24, 2.45) is 11.8 Å². The highest BCUT2D eigenvalue weighted by molar-refractivity contribution is 6.32. The summed E-state index contributed by atoms with van der Waals surface area (Å²) in [5.74, 6) is 0.590. The fraction of sp³-hybridized carbons (Fsp3) is 0.629. The molecule has 10 heteroatoms. The first-order valence-electron chi connectivity index (χ1n) is 16.1. The predicted octanol–water partition coefficient (Wildman–Crippen LogP) is 4.18. The van der Waals surface area contributed by atoms with Gasteiger partial charge in [0.1, 0.15) is 18.2 Å². The van der Waals surface area contributed by atoms with Crippen LogP contribution in [0.4, 0.5) is 0 Å². The molecular weight excluding hydrogens is 594 g/mol. The Labute approximate surface area is 274 Å². The Morgan fingerprint density at radius 2 is 1.62 bits per heavy atom. The molecule has 0 aliphatic rings. The van der Waals surface area contributed by atoms with E-state index in [0.29, 0.717) is 36.5 Å². The van der Waals surface area contributed by atoms with Gasteiger partial charge in [0.05, 0.1) is 42.5 Å². The Morgan fingerprint density at radius 3 is 2.22 bits per heavy atom. The van der Waals surface area contributed by atoms with Crippen LogP contribution < -0.4 is 20.7 Å². The van der Waals surface area contributed by atoms with Gasteiger partial charge in [-0.25, -0.2) is 0 Å². The third-order valence-corrected chi connectivity index (χ3v) is 8.47. The first-order valence-corrected chi connectivity index (χ1v) is 16.5. The Morgan fingerprint density at radius 1 is 0.956 bits per heavy atom. The van der Waals surface area contributed by atoms with Gasteiger partial charge in [0, 0.05) is 0 Å². The Bertz CT molecular complexity index is 1140. The average Bonchev–Trinajstić information content (AvgIpc) is 2.98. The summed E-state index contributed by atoms with van der Waals surface area (Å²) in [6.45, 7) is 9.24. The van der Waals surface area contributed by atoms with Crippen molar-refractivity contribution in [3.63, 3.8) is 0 Å². The van der Waals surface area contributed by atoms with E-state index in [-0.39, 0.29) is 24.3 Å². The van der Waals surface area contributed by atoms with Gasteiger partial charge in [-0.15, -0.1) is 0 Å². The second-order valence-electron chi connectivity index (χ2n) is 13.2. The number of nitrogens with one attached hydrogen (secondary N) is 3.